The fourth-order valence-electron chi connectivity index (χ4n) is 2.26. The van der Waals surface area contributed by atoms with E-state index in [1.165, 1.54) is 2.88 Å². The minimum atomic E-state index is 0.181. The molecule has 1 aliphatic rings. The number of piperidine rings is 1. The molecule has 5 heteroatoms. The van der Waals surface area contributed by atoms with Crippen molar-refractivity contribution in [3.63, 3.8) is 0 Å². The monoisotopic (exact) mass is 364 g/mol. The van der Waals surface area contributed by atoms with Gasteiger partial charge in [-0.15, -0.1) is 11.3 Å². The molecule has 3 nitrogen and oxygen atoms in total. The molecule has 1 saturated heterocycles. The zero-order chi connectivity index (χ0) is 12.3. The molecule has 1 atom stereocenters. The highest BCUT2D eigenvalue weighted by Crippen LogP contribution is 2.20. The lowest BCUT2D eigenvalue weighted by atomic mass is 10.1. The maximum Gasteiger partial charge on any atom is 0.255 e. The molecular formula is C12H17IN2OS. The summed E-state index contributed by atoms with van der Waals surface area (Å²) >= 11 is 3.89. The van der Waals surface area contributed by atoms with Gasteiger partial charge in [-0.2, -0.15) is 0 Å². The van der Waals surface area contributed by atoms with E-state index in [0.29, 0.717) is 6.04 Å². The molecule has 0 spiro atoms. The van der Waals surface area contributed by atoms with Gasteiger partial charge < -0.3 is 10.2 Å². The van der Waals surface area contributed by atoms with Gasteiger partial charge in [0.2, 0.25) is 0 Å². The van der Waals surface area contributed by atoms with Gasteiger partial charge in [0.1, 0.15) is 0 Å². The van der Waals surface area contributed by atoms with Gasteiger partial charge in [-0.05, 0) is 55.0 Å². The lowest BCUT2D eigenvalue weighted by Gasteiger charge is -2.33. The number of likely N-dealkylation sites (N-methyl/N-ethyl adjacent to an activating group) is 1. The van der Waals surface area contributed by atoms with Crippen molar-refractivity contribution in [3.8, 4) is 0 Å². The molecule has 1 unspecified atom stereocenters. The Morgan fingerprint density at radius 3 is 3.06 bits per heavy atom. The molecule has 0 radical (unpaired) electrons. The van der Waals surface area contributed by atoms with Crippen molar-refractivity contribution >= 4 is 39.8 Å². The average Bonchev–Trinajstić information content (AvgIpc) is 2.78. The van der Waals surface area contributed by atoms with Gasteiger partial charge in [-0.1, -0.05) is 0 Å². The predicted octanol–water partition coefficient (Wildman–Crippen LogP) is 2.57. The quantitative estimate of drug-likeness (QED) is 0.837. The average molecular weight is 364 g/mol. The number of carbonyl (C=O) groups excluding carboxylic acids is 1. The summed E-state index contributed by atoms with van der Waals surface area (Å²) in [5.41, 5.74) is 0.840. The summed E-state index contributed by atoms with van der Waals surface area (Å²) in [5.74, 6) is 0.181. The van der Waals surface area contributed by atoms with Gasteiger partial charge in [0.25, 0.3) is 5.91 Å². The van der Waals surface area contributed by atoms with E-state index >= 15 is 0 Å². The Morgan fingerprint density at radius 1 is 1.71 bits per heavy atom. The van der Waals surface area contributed by atoms with Crippen LogP contribution in [0.3, 0.4) is 0 Å². The highest BCUT2D eigenvalue weighted by molar-refractivity contribution is 14.1. The van der Waals surface area contributed by atoms with E-state index in [-0.39, 0.29) is 5.91 Å². The highest BCUT2D eigenvalue weighted by atomic mass is 127. The molecule has 2 heterocycles. The number of thiophene rings is 1. The third-order valence-corrected chi connectivity index (χ3v) is 4.92. The van der Waals surface area contributed by atoms with Gasteiger partial charge in [-0.3, -0.25) is 4.79 Å². The molecule has 0 aromatic carbocycles. The van der Waals surface area contributed by atoms with Crippen molar-refractivity contribution in [1.82, 2.24) is 10.2 Å². The zero-order valence-corrected chi connectivity index (χ0v) is 12.9. The van der Waals surface area contributed by atoms with Crippen LogP contribution in [0.2, 0.25) is 0 Å². The van der Waals surface area contributed by atoms with Crippen LogP contribution in [0, 0.1) is 2.88 Å². The fraction of sp³-hybridized carbons (Fsp3) is 0.583. The van der Waals surface area contributed by atoms with E-state index < -0.39 is 0 Å². The molecule has 1 fully saturated rings. The predicted molar refractivity (Wildman–Crippen MR) is 79.6 cm³/mol. The maximum atomic E-state index is 12.4. The smallest absolute Gasteiger partial charge is 0.255 e. The number of carbonyl (C=O) groups is 1. The Labute approximate surface area is 120 Å². The molecule has 17 heavy (non-hydrogen) atoms. The fourth-order valence-corrected chi connectivity index (χ4v) is 3.58. The SMILES string of the molecule is CCN(C(=O)c1csc(I)c1)C1CCCNC1. The summed E-state index contributed by atoms with van der Waals surface area (Å²) in [6, 6.07) is 2.34. The Kier molecular flexibility index (Phi) is 4.81. The van der Waals surface area contributed by atoms with Crippen LogP contribution in [0.1, 0.15) is 30.1 Å². The summed E-state index contributed by atoms with van der Waals surface area (Å²) in [4.78, 5) is 14.4. The minimum absolute atomic E-state index is 0.181. The van der Waals surface area contributed by atoms with Crippen molar-refractivity contribution in [1.29, 1.82) is 0 Å². The number of hydrogen-bond acceptors (Lipinski definition) is 3. The van der Waals surface area contributed by atoms with Crippen molar-refractivity contribution in [2.24, 2.45) is 0 Å². The molecule has 1 N–H and O–H groups in total. The van der Waals surface area contributed by atoms with Gasteiger partial charge in [0.15, 0.2) is 0 Å². The summed E-state index contributed by atoms with van der Waals surface area (Å²) in [6.45, 7) is 4.86. The first-order chi connectivity index (χ1) is 8.22. The van der Waals surface area contributed by atoms with Gasteiger partial charge in [-0.25, -0.2) is 0 Å². The lowest BCUT2D eigenvalue weighted by molar-refractivity contribution is 0.0662. The molecule has 2 rings (SSSR count). The molecule has 1 aromatic rings. The van der Waals surface area contributed by atoms with Crippen LogP contribution >= 0.6 is 33.9 Å². The third-order valence-electron chi connectivity index (χ3n) is 3.13. The number of nitrogens with one attached hydrogen (secondary N) is 1. The summed E-state index contributed by atoms with van der Waals surface area (Å²) in [7, 11) is 0. The second-order valence-corrected chi connectivity index (χ2v) is 7.04. The van der Waals surface area contributed by atoms with E-state index in [9.17, 15) is 4.79 Å². The second kappa shape index (κ2) is 6.15. The van der Waals surface area contributed by atoms with E-state index in [2.05, 4.69) is 34.8 Å². The number of rotatable bonds is 3. The van der Waals surface area contributed by atoms with Gasteiger partial charge in [0.05, 0.1) is 8.45 Å². The topological polar surface area (TPSA) is 32.3 Å². The number of halogens is 1. The molecular weight excluding hydrogens is 347 g/mol. The lowest BCUT2D eigenvalue weighted by Crippen LogP contribution is -2.48. The first-order valence-electron chi connectivity index (χ1n) is 5.98. The van der Waals surface area contributed by atoms with E-state index in [1.54, 1.807) is 11.3 Å². The summed E-state index contributed by atoms with van der Waals surface area (Å²) in [5, 5.41) is 5.33. The second-order valence-electron chi connectivity index (χ2n) is 4.23. The Hall–Kier alpha value is -0.140. The van der Waals surface area contributed by atoms with Crippen LogP contribution in [0.25, 0.3) is 0 Å². The molecule has 1 aromatic heterocycles. The first kappa shape index (κ1) is 13.3. The van der Waals surface area contributed by atoms with Crippen LogP contribution in [0.5, 0.6) is 0 Å². The van der Waals surface area contributed by atoms with E-state index in [4.69, 9.17) is 0 Å². The van der Waals surface area contributed by atoms with Crippen molar-refractivity contribution < 1.29 is 4.79 Å². The normalized spacial score (nSPS) is 20.2. The van der Waals surface area contributed by atoms with Crippen LogP contribution < -0.4 is 5.32 Å². The molecule has 0 saturated carbocycles. The maximum absolute atomic E-state index is 12.4. The summed E-state index contributed by atoms with van der Waals surface area (Å²) in [6.07, 6.45) is 2.28. The number of hydrogen-bond donors (Lipinski definition) is 1. The molecule has 1 amide bonds. The zero-order valence-electron chi connectivity index (χ0n) is 9.91. The molecule has 94 valence electrons. The Bertz CT molecular complexity index is 388. The third kappa shape index (κ3) is 3.20. The Balaban J connectivity index is 2.09. The number of nitrogens with zero attached hydrogens (tertiary/aromatic N) is 1. The van der Waals surface area contributed by atoms with Crippen LogP contribution in [-0.4, -0.2) is 36.5 Å². The van der Waals surface area contributed by atoms with E-state index in [0.717, 1.165) is 38.0 Å². The number of amides is 1. The van der Waals surface area contributed by atoms with E-state index in [1.807, 2.05) is 16.3 Å². The highest BCUT2D eigenvalue weighted by Gasteiger charge is 2.25. The van der Waals surface area contributed by atoms with Gasteiger partial charge >= 0.3 is 0 Å². The van der Waals surface area contributed by atoms with Crippen molar-refractivity contribution in [2.45, 2.75) is 25.8 Å². The molecule has 0 aliphatic carbocycles. The summed E-state index contributed by atoms with van der Waals surface area (Å²) < 4.78 is 1.17. The Morgan fingerprint density at radius 2 is 2.53 bits per heavy atom. The molecule has 1 aliphatic heterocycles. The van der Waals surface area contributed by atoms with Gasteiger partial charge in [0, 0.05) is 24.5 Å². The largest absolute Gasteiger partial charge is 0.335 e. The van der Waals surface area contributed by atoms with Crippen molar-refractivity contribution in [3.05, 3.63) is 19.9 Å². The minimum Gasteiger partial charge on any atom is -0.335 e. The van der Waals surface area contributed by atoms with Crippen LogP contribution in [0.4, 0.5) is 0 Å². The van der Waals surface area contributed by atoms with Crippen LogP contribution in [0.15, 0.2) is 11.4 Å². The standard InChI is InChI=1S/C12H17IN2OS/c1-2-15(10-4-3-5-14-7-10)12(16)9-6-11(13)17-8-9/h6,8,10,14H,2-5,7H2,1H3. The first-order valence-corrected chi connectivity index (χ1v) is 7.94. The van der Waals surface area contributed by atoms with Crippen molar-refractivity contribution in [2.75, 3.05) is 19.6 Å². The van der Waals surface area contributed by atoms with Crippen LogP contribution in [-0.2, 0) is 0 Å². The molecule has 0 bridgehead atoms.